The summed E-state index contributed by atoms with van der Waals surface area (Å²) in [6.07, 6.45) is 1.82. The van der Waals surface area contributed by atoms with Gasteiger partial charge in [0.25, 0.3) is 5.91 Å². The number of esters is 1. The molecule has 1 rings (SSSR count). The predicted octanol–water partition coefficient (Wildman–Crippen LogP) is -0.486. The largest absolute Gasteiger partial charge is 0.464 e. The van der Waals surface area contributed by atoms with Crippen LogP contribution in [0.4, 0.5) is 0 Å². The lowest BCUT2D eigenvalue weighted by molar-refractivity contribution is -0.152. The molecule has 2 unspecified atom stereocenters. The topological polar surface area (TPSA) is 81.9 Å². The van der Waals surface area contributed by atoms with E-state index in [0.29, 0.717) is 13.1 Å². The molecule has 98 valence electrons. The molecule has 0 aromatic carbocycles. The molecule has 0 aromatic rings. The Kier molecular flexibility index (Phi) is 5.37. The molecule has 1 amide bonds. The van der Waals surface area contributed by atoms with Gasteiger partial charge in [-0.25, -0.2) is 4.79 Å². The fourth-order valence-corrected chi connectivity index (χ4v) is 1.86. The van der Waals surface area contributed by atoms with E-state index in [1.165, 1.54) is 0 Å². The Morgan fingerprint density at radius 3 is 2.82 bits per heavy atom. The van der Waals surface area contributed by atoms with Crippen LogP contribution in [0.2, 0.25) is 0 Å². The molecule has 0 saturated carbocycles. The summed E-state index contributed by atoms with van der Waals surface area (Å²) in [6.45, 7) is 3.01. The highest BCUT2D eigenvalue weighted by Crippen LogP contribution is 2.13. The minimum atomic E-state index is -1.22. The van der Waals surface area contributed by atoms with Crippen molar-refractivity contribution in [2.24, 2.45) is 5.73 Å². The summed E-state index contributed by atoms with van der Waals surface area (Å²) in [4.78, 5) is 24.8. The van der Waals surface area contributed by atoms with Crippen molar-refractivity contribution in [2.75, 3.05) is 26.8 Å². The first kappa shape index (κ1) is 13.9. The molecule has 0 bridgehead atoms. The number of rotatable bonds is 4. The first-order valence-corrected chi connectivity index (χ1v) is 5.84. The van der Waals surface area contributed by atoms with E-state index in [1.807, 2.05) is 0 Å². The minimum Gasteiger partial charge on any atom is -0.464 e. The normalized spacial score (nSPS) is 22.1. The molecule has 1 saturated heterocycles. The molecule has 6 heteroatoms. The maximum atomic E-state index is 11.9. The molecular formula is C11H20N2O4. The lowest BCUT2D eigenvalue weighted by Crippen LogP contribution is -2.52. The van der Waals surface area contributed by atoms with Gasteiger partial charge >= 0.3 is 5.97 Å². The van der Waals surface area contributed by atoms with Crippen LogP contribution in [0.25, 0.3) is 0 Å². The Balaban J connectivity index is 2.53. The molecule has 0 aromatic heterocycles. The number of nitrogens with two attached hydrogens (primary N) is 1. The Hall–Kier alpha value is -1.14. The fraction of sp³-hybridized carbons (Fsp3) is 0.818. The summed E-state index contributed by atoms with van der Waals surface area (Å²) in [5.74, 6) is -1.05. The number of methoxy groups -OCH3 is 1. The molecule has 0 spiro atoms. The SMILES string of the molecule is CCOC(=O)C(N)C(=O)N1CCCC(OC)C1. The molecule has 1 aliphatic heterocycles. The van der Waals surface area contributed by atoms with Crippen molar-refractivity contribution in [1.82, 2.24) is 4.90 Å². The number of piperidine rings is 1. The molecule has 0 radical (unpaired) electrons. The van der Waals surface area contributed by atoms with Gasteiger partial charge in [-0.1, -0.05) is 0 Å². The molecule has 6 nitrogen and oxygen atoms in total. The number of carbonyl (C=O) groups is 2. The zero-order valence-corrected chi connectivity index (χ0v) is 10.3. The lowest BCUT2D eigenvalue weighted by Gasteiger charge is -2.33. The number of ether oxygens (including phenoxy) is 2. The zero-order valence-electron chi connectivity index (χ0n) is 10.3. The number of hydrogen-bond acceptors (Lipinski definition) is 5. The van der Waals surface area contributed by atoms with Gasteiger partial charge in [-0.15, -0.1) is 0 Å². The first-order chi connectivity index (χ1) is 8.10. The summed E-state index contributed by atoms with van der Waals surface area (Å²) in [7, 11) is 1.61. The van der Waals surface area contributed by atoms with Crippen molar-refractivity contribution < 1.29 is 19.1 Å². The third-order valence-electron chi connectivity index (χ3n) is 2.83. The smallest absolute Gasteiger partial charge is 0.332 e. The second-order valence-corrected chi connectivity index (χ2v) is 4.01. The first-order valence-electron chi connectivity index (χ1n) is 5.84. The highest BCUT2D eigenvalue weighted by Gasteiger charge is 2.31. The van der Waals surface area contributed by atoms with E-state index in [2.05, 4.69) is 0 Å². The van der Waals surface area contributed by atoms with Crippen LogP contribution in [0.3, 0.4) is 0 Å². The summed E-state index contributed by atoms with van der Waals surface area (Å²) < 4.78 is 9.93. The van der Waals surface area contributed by atoms with Crippen molar-refractivity contribution >= 4 is 11.9 Å². The third kappa shape index (κ3) is 3.67. The molecule has 2 atom stereocenters. The van der Waals surface area contributed by atoms with E-state index in [4.69, 9.17) is 15.2 Å². The Morgan fingerprint density at radius 2 is 2.24 bits per heavy atom. The maximum absolute atomic E-state index is 11.9. The van der Waals surface area contributed by atoms with Crippen molar-refractivity contribution in [3.05, 3.63) is 0 Å². The summed E-state index contributed by atoms with van der Waals surface area (Å²) >= 11 is 0. The number of likely N-dealkylation sites (tertiary alicyclic amines) is 1. The highest BCUT2D eigenvalue weighted by atomic mass is 16.5. The van der Waals surface area contributed by atoms with Gasteiger partial charge in [0.15, 0.2) is 6.04 Å². The fourth-order valence-electron chi connectivity index (χ4n) is 1.86. The van der Waals surface area contributed by atoms with E-state index in [9.17, 15) is 9.59 Å². The molecule has 1 fully saturated rings. The van der Waals surface area contributed by atoms with E-state index < -0.39 is 12.0 Å². The predicted molar refractivity (Wildman–Crippen MR) is 61.2 cm³/mol. The average Bonchev–Trinajstić information content (AvgIpc) is 2.37. The van der Waals surface area contributed by atoms with Gasteiger partial charge in [-0.05, 0) is 19.8 Å². The van der Waals surface area contributed by atoms with Crippen LogP contribution in [-0.2, 0) is 19.1 Å². The lowest BCUT2D eigenvalue weighted by atomic mass is 10.1. The average molecular weight is 244 g/mol. The Morgan fingerprint density at radius 1 is 1.53 bits per heavy atom. The summed E-state index contributed by atoms with van der Waals surface area (Å²) in [5.41, 5.74) is 5.56. The molecule has 1 heterocycles. The second-order valence-electron chi connectivity index (χ2n) is 4.01. The third-order valence-corrected chi connectivity index (χ3v) is 2.83. The van der Waals surface area contributed by atoms with Crippen LogP contribution < -0.4 is 5.73 Å². The molecular weight excluding hydrogens is 224 g/mol. The molecule has 1 aliphatic rings. The minimum absolute atomic E-state index is 0.0297. The van der Waals surface area contributed by atoms with Crippen LogP contribution in [0.5, 0.6) is 0 Å². The van der Waals surface area contributed by atoms with Gasteiger partial charge in [0, 0.05) is 20.2 Å². The van der Waals surface area contributed by atoms with Gasteiger partial charge in [-0.2, -0.15) is 0 Å². The molecule has 0 aliphatic carbocycles. The van der Waals surface area contributed by atoms with Gasteiger partial charge in [-0.3, -0.25) is 4.79 Å². The van der Waals surface area contributed by atoms with Gasteiger partial charge in [0.2, 0.25) is 0 Å². The molecule has 2 N–H and O–H groups in total. The van der Waals surface area contributed by atoms with Crippen LogP contribution in [-0.4, -0.2) is 55.7 Å². The number of nitrogens with zero attached hydrogens (tertiary/aromatic N) is 1. The van der Waals surface area contributed by atoms with Crippen LogP contribution >= 0.6 is 0 Å². The monoisotopic (exact) mass is 244 g/mol. The molecule has 17 heavy (non-hydrogen) atoms. The van der Waals surface area contributed by atoms with Crippen LogP contribution in [0.15, 0.2) is 0 Å². The van der Waals surface area contributed by atoms with Crippen molar-refractivity contribution in [3.8, 4) is 0 Å². The van der Waals surface area contributed by atoms with E-state index in [0.717, 1.165) is 12.8 Å². The van der Waals surface area contributed by atoms with Crippen LogP contribution in [0.1, 0.15) is 19.8 Å². The van der Waals surface area contributed by atoms with Crippen molar-refractivity contribution in [1.29, 1.82) is 0 Å². The van der Waals surface area contributed by atoms with E-state index in [1.54, 1.807) is 18.9 Å². The van der Waals surface area contributed by atoms with Crippen LogP contribution in [0, 0.1) is 0 Å². The zero-order chi connectivity index (χ0) is 12.8. The van der Waals surface area contributed by atoms with Crippen molar-refractivity contribution in [2.45, 2.75) is 31.9 Å². The highest BCUT2D eigenvalue weighted by molar-refractivity contribution is 6.01. The Labute approximate surface area is 101 Å². The van der Waals surface area contributed by atoms with Gasteiger partial charge in [0.05, 0.1) is 12.7 Å². The number of amides is 1. The van der Waals surface area contributed by atoms with Gasteiger partial charge < -0.3 is 20.1 Å². The van der Waals surface area contributed by atoms with Gasteiger partial charge in [0.1, 0.15) is 0 Å². The number of carbonyl (C=O) groups excluding carboxylic acids is 2. The summed E-state index contributed by atoms with van der Waals surface area (Å²) in [5, 5.41) is 0. The summed E-state index contributed by atoms with van der Waals surface area (Å²) in [6, 6.07) is -1.22. The van der Waals surface area contributed by atoms with Crippen molar-refractivity contribution in [3.63, 3.8) is 0 Å². The quantitative estimate of drug-likeness (QED) is 0.533. The number of hydrogen-bond donors (Lipinski definition) is 1. The standard InChI is InChI=1S/C11H20N2O4/c1-3-17-11(15)9(12)10(14)13-6-4-5-8(7-13)16-2/h8-9H,3-7,12H2,1-2H3. The second kappa shape index (κ2) is 6.56. The maximum Gasteiger partial charge on any atom is 0.332 e. The van der Waals surface area contributed by atoms with E-state index >= 15 is 0 Å². The Bertz CT molecular complexity index is 283. The van der Waals surface area contributed by atoms with E-state index in [-0.39, 0.29) is 18.6 Å².